The summed E-state index contributed by atoms with van der Waals surface area (Å²) >= 11 is 0. The van der Waals surface area contributed by atoms with Gasteiger partial charge in [0, 0.05) is 18.7 Å². The number of likely N-dealkylation sites (tertiary alicyclic amines) is 1. The molecule has 25 heavy (non-hydrogen) atoms. The van der Waals surface area contributed by atoms with E-state index in [1.165, 1.54) is 31.5 Å². The molecule has 8 heteroatoms. The summed E-state index contributed by atoms with van der Waals surface area (Å²) in [4.78, 5) is 18.8. The smallest absolute Gasteiger partial charge is 0.387 e. The number of nitrogens with zero attached hydrogens (tertiary/aromatic N) is 2. The van der Waals surface area contributed by atoms with Gasteiger partial charge in [-0.15, -0.1) is 0 Å². The van der Waals surface area contributed by atoms with E-state index in [2.05, 4.69) is 16.8 Å². The molecule has 0 saturated carbocycles. The van der Waals surface area contributed by atoms with Gasteiger partial charge in [0.15, 0.2) is 18.1 Å². The highest BCUT2D eigenvalue weighted by atomic mass is 19.3. The molecule has 6 nitrogen and oxygen atoms in total. The molecular formula is C17H22F2N2O4. The molecule has 0 N–H and O–H groups in total. The van der Waals surface area contributed by atoms with Crippen LogP contribution in [0.25, 0.3) is 0 Å². The lowest BCUT2D eigenvalue weighted by Gasteiger charge is -2.29. The standard InChI is InChI=1S/C17H22F2N2O4/c1-12-5-7-21(8-6-12)16(22)11-24-20-10-13-3-4-14(25-17(18)19)15(9-13)23-2/h3-4,9-10,12,17H,5-8,11H2,1-2H3/b20-10+. The van der Waals surface area contributed by atoms with E-state index in [0.717, 1.165) is 25.9 Å². The number of carbonyl (C=O) groups excluding carboxylic acids is 1. The minimum Gasteiger partial charge on any atom is -0.493 e. The Bertz CT molecular complexity index is 602. The first-order chi connectivity index (χ1) is 12.0. The fraction of sp³-hybridized carbons (Fsp3) is 0.529. The number of oxime groups is 1. The van der Waals surface area contributed by atoms with Gasteiger partial charge in [0.05, 0.1) is 13.3 Å². The molecule has 0 bridgehead atoms. The molecule has 2 rings (SSSR count). The Morgan fingerprint density at radius 2 is 2.08 bits per heavy atom. The maximum Gasteiger partial charge on any atom is 0.387 e. The lowest BCUT2D eigenvalue weighted by atomic mass is 9.99. The van der Waals surface area contributed by atoms with E-state index >= 15 is 0 Å². The minimum atomic E-state index is -2.93. The predicted molar refractivity (Wildman–Crippen MR) is 88.2 cm³/mol. The summed E-state index contributed by atoms with van der Waals surface area (Å²) in [7, 11) is 1.35. The summed E-state index contributed by atoms with van der Waals surface area (Å²) in [6.45, 7) is 0.606. The summed E-state index contributed by atoms with van der Waals surface area (Å²) in [5, 5.41) is 3.74. The van der Waals surface area contributed by atoms with Crippen molar-refractivity contribution in [3.8, 4) is 11.5 Å². The van der Waals surface area contributed by atoms with Crippen molar-refractivity contribution in [3.63, 3.8) is 0 Å². The first-order valence-electron chi connectivity index (χ1n) is 8.05. The van der Waals surface area contributed by atoms with E-state index in [1.54, 1.807) is 4.90 Å². The second-order valence-electron chi connectivity index (χ2n) is 5.86. The fourth-order valence-corrected chi connectivity index (χ4v) is 2.50. The first-order valence-corrected chi connectivity index (χ1v) is 8.05. The molecular weight excluding hydrogens is 334 g/mol. The van der Waals surface area contributed by atoms with Crippen LogP contribution in [0.1, 0.15) is 25.3 Å². The molecule has 1 amide bonds. The van der Waals surface area contributed by atoms with Gasteiger partial charge in [-0.2, -0.15) is 8.78 Å². The molecule has 138 valence electrons. The van der Waals surface area contributed by atoms with Gasteiger partial charge in [0.1, 0.15) is 0 Å². The SMILES string of the molecule is COc1cc(/C=N/OCC(=O)N2CCC(C)CC2)ccc1OC(F)F. The van der Waals surface area contributed by atoms with Crippen LogP contribution in [0.2, 0.25) is 0 Å². The lowest BCUT2D eigenvalue weighted by Crippen LogP contribution is -2.39. The molecule has 1 aliphatic heterocycles. The van der Waals surface area contributed by atoms with E-state index in [4.69, 9.17) is 9.57 Å². The number of ether oxygens (including phenoxy) is 2. The van der Waals surface area contributed by atoms with Crippen molar-refractivity contribution in [1.82, 2.24) is 4.90 Å². The van der Waals surface area contributed by atoms with E-state index < -0.39 is 6.61 Å². The third-order valence-corrected chi connectivity index (χ3v) is 4.00. The highest BCUT2D eigenvalue weighted by Crippen LogP contribution is 2.28. The Morgan fingerprint density at radius 1 is 1.36 bits per heavy atom. The van der Waals surface area contributed by atoms with E-state index in [1.807, 2.05) is 0 Å². The van der Waals surface area contributed by atoms with Crippen LogP contribution in [0.4, 0.5) is 8.78 Å². The number of piperidine rings is 1. The lowest BCUT2D eigenvalue weighted by molar-refractivity contribution is -0.137. The van der Waals surface area contributed by atoms with Crippen LogP contribution in [0.15, 0.2) is 23.4 Å². The number of hydrogen-bond donors (Lipinski definition) is 0. The molecule has 0 spiro atoms. The van der Waals surface area contributed by atoms with Crippen LogP contribution < -0.4 is 9.47 Å². The molecule has 0 unspecified atom stereocenters. The van der Waals surface area contributed by atoms with Crippen molar-refractivity contribution in [2.75, 3.05) is 26.8 Å². The Morgan fingerprint density at radius 3 is 2.72 bits per heavy atom. The Hall–Kier alpha value is -2.38. The van der Waals surface area contributed by atoms with Crippen LogP contribution >= 0.6 is 0 Å². The average molecular weight is 356 g/mol. The number of benzene rings is 1. The van der Waals surface area contributed by atoms with Crippen molar-refractivity contribution in [3.05, 3.63) is 23.8 Å². The molecule has 0 atom stereocenters. The minimum absolute atomic E-state index is 0.0647. The van der Waals surface area contributed by atoms with Gasteiger partial charge in [-0.3, -0.25) is 4.79 Å². The molecule has 1 aromatic carbocycles. The maximum absolute atomic E-state index is 12.3. The fourth-order valence-electron chi connectivity index (χ4n) is 2.50. The Labute approximate surface area is 145 Å². The highest BCUT2D eigenvalue weighted by molar-refractivity contribution is 5.81. The van der Waals surface area contributed by atoms with Gasteiger partial charge in [-0.1, -0.05) is 12.1 Å². The maximum atomic E-state index is 12.3. The molecule has 0 radical (unpaired) electrons. The molecule has 1 saturated heterocycles. The number of halogens is 2. The van der Waals surface area contributed by atoms with Crippen LogP contribution in [0, 0.1) is 5.92 Å². The first kappa shape index (κ1) is 19.0. The zero-order valence-electron chi connectivity index (χ0n) is 14.3. The number of rotatable bonds is 7. The van der Waals surface area contributed by atoms with Crippen LogP contribution in [-0.4, -0.2) is 50.4 Å². The van der Waals surface area contributed by atoms with Gasteiger partial charge >= 0.3 is 6.61 Å². The van der Waals surface area contributed by atoms with Gasteiger partial charge in [-0.05, 0) is 37.0 Å². The van der Waals surface area contributed by atoms with E-state index in [9.17, 15) is 13.6 Å². The largest absolute Gasteiger partial charge is 0.493 e. The average Bonchev–Trinajstić information content (AvgIpc) is 2.59. The third-order valence-electron chi connectivity index (χ3n) is 4.00. The van der Waals surface area contributed by atoms with E-state index in [0.29, 0.717) is 11.5 Å². The van der Waals surface area contributed by atoms with Crippen molar-refractivity contribution < 1.29 is 27.9 Å². The monoisotopic (exact) mass is 356 g/mol. The molecule has 1 aromatic rings. The topological polar surface area (TPSA) is 60.4 Å². The molecule has 1 heterocycles. The van der Waals surface area contributed by atoms with Gasteiger partial charge in [-0.25, -0.2) is 0 Å². The van der Waals surface area contributed by atoms with Crippen molar-refractivity contribution in [1.29, 1.82) is 0 Å². The molecule has 1 aliphatic rings. The molecule has 0 aliphatic carbocycles. The second kappa shape index (κ2) is 9.19. The van der Waals surface area contributed by atoms with Gasteiger partial charge < -0.3 is 19.2 Å². The molecule has 1 fully saturated rings. The number of amides is 1. The summed E-state index contributed by atoms with van der Waals surface area (Å²) in [6, 6.07) is 4.37. The van der Waals surface area contributed by atoms with Gasteiger partial charge in [0.25, 0.3) is 5.91 Å². The predicted octanol–water partition coefficient (Wildman–Crippen LogP) is 2.91. The van der Waals surface area contributed by atoms with Gasteiger partial charge in [0.2, 0.25) is 0 Å². The van der Waals surface area contributed by atoms with E-state index in [-0.39, 0.29) is 24.0 Å². The van der Waals surface area contributed by atoms with Crippen molar-refractivity contribution >= 4 is 12.1 Å². The van der Waals surface area contributed by atoms with Crippen LogP contribution in [0.5, 0.6) is 11.5 Å². The van der Waals surface area contributed by atoms with Crippen molar-refractivity contribution in [2.24, 2.45) is 11.1 Å². The quantitative estimate of drug-likeness (QED) is 0.557. The zero-order valence-corrected chi connectivity index (χ0v) is 14.3. The Balaban J connectivity index is 1.84. The normalized spacial score (nSPS) is 15.6. The third kappa shape index (κ3) is 5.88. The van der Waals surface area contributed by atoms with Crippen LogP contribution in [-0.2, 0) is 9.63 Å². The number of alkyl halides is 2. The highest BCUT2D eigenvalue weighted by Gasteiger charge is 2.20. The zero-order chi connectivity index (χ0) is 18.2. The number of hydrogen-bond acceptors (Lipinski definition) is 5. The summed E-state index contributed by atoms with van der Waals surface area (Å²) in [5.74, 6) is 0.644. The summed E-state index contributed by atoms with van der Waals surface area (Å²) in [5.41, 5.74) is 0.567. The Kier molecular flexibility index (Phi) is 6.97. The number of methoxy groups -OCH3 is 1. The summed E-state index contributed by atoms with van der Waals surface area (Å²) in [6.07, 6.45) is 3.38. The number of carbonyl (C=O) groups is 1. The van der Waals surface area contributed by atoms with Crippen molar-refractivity contribution in [2.45, 2.75) is 26.4 Å². The molecule has 0 aromatic heterocycles. The summed E-state index contributed by atoms with van der Waals surface area (Å²) < 4.78 is 33.9. The second-order valence-corrected chi connectivity index (χ2v) is 5.86. The van der Waals surface area contributed by atoms with Crippen LogP contribution in [0.3, 0.4) is 0 Å².